The Kier molecular flexibility index (Phi) is 4.48. The number of hydrogen-bond donors (Lipinski definition) is 2. The third-order valence-electron chi connectivity index (χ3n) is 3.83. The molecule has 2 rings (SSSR count). The van der Waals surface area contributed by atoms with Crippen molar-refractivity contribution in [2.75, 3.05) is 13.2 Å². The number of rotatable bonds is 6. The molecule has 1 aliphatic carbocycles. The first-order valence-corrected chi connectivity index (χ1v) is 7.25. The van der Waals surface area contributed by atoms with Crippen LogP contribution in [0.15, 0.2) is 12.1 Å². The fourth-order valence-corrected chi connectivity index (χ4v) is 2.32. The molecule has 0 amide bonds. The van der Waals surface area contributed by atoms with Crippen LogP contribution in [0.4, 0.5) is 0 Å². The maximum Gasteiger partial charge on any atom is 0.122 e. The molecule has 1 fully saturated rings. The highest BCUT2D eigenvalue weighted by atomic mass is 16.5. The van der Waals surface area contributed by atoms with Crippen LogP contribution in [0.3, 0.4) is 0 Å². The van der Waals surface area contributed by atoms with E-state index in [2.05, 4.69) is 32.9 Å². The summed E-state index contributed by atoms with van der Waals surface area (Å²) in [6.45, 7) is 7.77. The Morgan fingerprint density at radius 1 is 1.26 bits per heavy atom. The van der Waals surface area contributed by atoms with Gasteiger partial charge in [0.15, 0.2) is 0 Å². The molecule has 0 aliphatic heterocycles. The van der Waals surface area contributed by atoms with Crippen molar-refractivity contribution >= 4 is 0 Å². The van der Waals surface area contributed by atoms with Crippen LogP contribution >= 0.6 is 0 Å². The van der Waals surface area contributed by atoms with E-state index in [4.69, 9.17) is 16.2 Å². The zero-order chi connectivity index (χ0) is 14.0. The molecule has 0 bridgehead atoms. The predicted molar refractivity (Wildman–Crippen MR) is 79.5 cm³/mol. The zero-order valence-corrected chi connectivity index (χ0v) is 12.3. The molecule has 1 aliphatic rings. The zero-order valence-electron chi connectivity index (χ0n) is 12.3. The Morgan fingerprint density at radius 3 is 2.47 bits per heavy atom. The van der Waals surface area contributed by atoms with Gasteiger partial charge in [0, 0.05) is 12.6 Å². The van der Waals surface area contributed by atoms with E-state index in [1.807, 2.05) is 0 Å². The second-order valence-corrected chi connectivity index (χ2v) is 6.00. The Morgan fingerprint density at radius 2 is 1.95 bits per heavy atom. The van der Waals surface area contributed by atoms with Gasteiger partial charge in [-0.15, -0.1) is 0 Å². The van der Waals surface area contributed by atoms with Gasteiger partial charge in [-0.1, -0.05) is 19.9 Å². The van der Waals surface area contributed by atoms with Crippen molar-refractivity contribution in [3.8, 4) is 5.75 Å². The van der Waals surface area contributed by atoms with E-state index in [1.54, 1.807) is 0 Å². The summed E-state index contributed by atoms with van der Waals surface area (Å²) in [5, 5.41) is 0. The molecule has 1 aromatic carbocycles. The van der Waals surface area contributed by atoms with E-state index >= 15 is 0 Å². The van der Waals surface area contributed by atoms with E-state index in [-0.39, 0.29) is 6.04 Å². The molecule has 0 saturated heterocycles. The van der Waals surface area contributed by atoms with Crippen LogP contribution in [-0.2, 0) is 0 Å². The number of hydrogen-bond acceptors (Lipinski definition) is 3. The normalized spacial score (nSPS) is 16.7. The summed E-state index contributed by atoms with van der Waals surface area (Å²) < 4.78 is 5.95. The molecule has 0 heterocycles. The van der Waals surface area contributed by atoms with Gasteiger partial charge < -0.3 is 16.2 Å². The average Bonchev–Trinajstić information content (AvgIpc) is 3.19. The number of benzene rings is 1. The van der Waals surface area contributed by atoms with Crippen LogP contribution in [0.5, 0.6) is 5.75 Å². The standard InChI is InChI=1S/C16H26N2O/c1-10(2)13-7-16(19-9-12-4-5-12)11(3)6-14(13)15(18)8-17/h6-7,10,12,15H,4-5,8-9,17-18H2,1-3H3. The van der Waals surface area contributed by atoms with E-state index < -0.39 is 0 Å². The SMILES string of the molecule is Cc1cc(C(N)CN)c(C(C)C)cc1OCC1CC1. The minimum absolute atomic E-state index is 0.0893. The lowest BCUT2D eigenvalue weighted by atomic mass is 9.91. The van der Waals surface area contributed by atoms with E-state index in [0.717, 1.165) is 29.4 Å². The number of aryl methyl sites for hydroxylation is 1. The molecule has 3 nitrogen and oxygen atoms in total. The molecule has 1 unspecified atom stereocenters. The minimum atomic E-state index is -0.0893. The third kappa shape index (κ3) is 3.48. The summed E-state index contributed by atoms with van der Waals surface area (Å²) in [7, 11) is 0. The summed E-state index contributed by atoms with van der Waals surface area (Å²) in [6, 6.07) is 4.22. The van der Waals surface area contributed by atoms with Crippen LogP contribution in [0.1, 0.15) is 55.3 Å². The monoisotopic (exact) mass is 262 g/mol. The summed E-state index contributed by atoms with van der Waals surface area (Å²) in [5.41, 5.74) is 15.4. The largest absolute Gasteiger partial charge is 0.493 e. The lowest BCUT2D eigenvalue weighted by Gasteiger charge is -2.21. The molecular formula is C16H26N2O. The van der Waals surface area contributed by atoms with Gasteiger partial charge in [-0.2, -0.15) is 0 Å². The molecule has 1 saturated carbocycles. The molecule has 0 radical (unpaired) electrons. The summed E-state index contributed by atoms with van der Waals surface area (Å²) in [4.78, 5) is 0. The summed E-state index contributed by atoms with van der Waals surface area (Å²) >= 11 is 0. The fourth-order valence-electron chi connectivity index (χ4n) is 2.32. The average molecular weight is 262 g/mol. The second kappa shape index (κ2) is 5.93. The van der Waals surface area contributed by atoms with E-state index in [1.165, 1.54) is 18.4 Å². The molecule has 1 aromatic rings. The lowest BCUT2D eigenvalue weighted by molar-refractivity contribution is 0.297. The Hall–Kier alpha value is -1.06. The molecule has 1 atom stereocenters. The van der Waals surface area contributed by atoms with Crippen LogP contribution in [0, 0.1) is 12.8 Å². The van der Waals surface area contributed by atoms with Gasteiger partial charge in [-0.3, -0.25) is 0 Å². The van der Waals surface area contributed by atoms with Crippen LogP contribution in [-0.4, -0.2) is 13.2 Å². The molecule has 0 spiro atoms. The van der Waals surface area contributed by atoms with Gasteiger partial charge in [-0.05, 0) is 54.4 Å². The lowest BCUT2D eigenvalue weighted by Crippen LogP contribution is -2.22. The van der Waals surface area contributed by atoms with Gasteiger partial charge in [0.1, 0.15) is 5.75 Å². The summed E-state index contributed by atoms with van der Waals surface area (Å²) in [6.07, 6.45) is 2.62. The maximum absolute atomic E-state index is 6.12. The van der Waals surface area contributed by atoms with Crippen molar-refractivity contribution in [2.24, 2.45) is 17.4 Å². The quantitative estimate of drug-likeness (QED) is 0.828. The first-order chi connectivity index (χ1) is 9.02. The van der Waals surface area contributed by atoms with Gasteiger partial charge in [0.2, 0.25) is 0 Å². The maximum atomic E-state index is 6.12. The van der Waals surface area contributed by atoms with Gasteiger partial charge in [0.25, 0.3) is 0 Å². The fraction of sp³-hybridized carbons (Fsp3) is 0.625. The Bertz CT molecular complexity index is 439. The first kappa shape index (κ1) is 14.4. The smallest absolute Gasteiger partial charge is 0.122 e. The molecule has 4 N–H and O–H groups in total. The predicted octanol–water partition coefficient (Wildman–Crippen LogP) is 2.87. The third-order valence-corrected chi connectivity index (χ3v) is 3.83. The van der Waals surface area contributed by atoms with Crippen molar-refractivity contribution in [1.29, 1.82) is 0 Å². The van der Waals surface area contributed by atoms with Gasteiger partial charge in [-0.25, -0.2) is 0 Å². The van der Waals surface area contributed by atoms with Gasteiger partial charge >= 0.3 is 0 Å². The number of ether oxygens (including phenoxy) is 1. The van der Waals surface area contributed by atoms with Crippen LogP contribution < -0.4 is 16.2 Å². The van der Waals surface area contributed by atoms with E-state index in [0.29, 0.717) is 12.5 Å². The molecule has 106 valence electrons. The van der Waals surface area contributed by atoms with Crippen molar-refractivity contribution in [3.63, 3.8) is 0 Å². The first-order valence-electron chi connectivity index (χ1n) is 7.25. The minimum Gasteiger partial charge on any atom is -0.493 e. The van der Waals surface area contributed by atoms with Crippen LogP contribution in [0.25, 0.3) is 0 Å². The Balaban J connectivity index is 2.27. The topological polar surface area (TPSA) is 61.3 Å². The van der Waals surface area contributed by atoms with Crippen molar-refractivity contribution in [2.45, 2.75) is 45.6 Å². The number of nitrogens with two attached hydrogens (primary N) is 2. The highest BCUT2D eigenvalue weighted by molar-refractivity contribution is 5.45. The van der Waals surface area contributed by atoms with Crippen molar-refractivity contribution < 1.29 is 4.74 Å². The molecule has 0 aromatic heterocycles. The van der Waals surface area contributed by atoms with E-state index in [9.17, 15) is 0 Å². The molecular weight excluding hydrogens is 236 g/mol. The van der Waals surface area contributed by atoms with Crippen LogP contribution in [0.2, 0.25) is 0 Å². The highest BCUT2D eigenvalue weighted by Gasteiger charge is 2.23. The molecule has 19 heavy (non-hydrogen) atoms. The highest BCUT2D eigenvalue weighted by Crippen LogP contribution is 2.33. The van der Waals surface area contributed by atoms with Crippen molar-refractivity contribution in [3.05, 3.63) is 28.8 Å². The second-order valence-electron chi connectivity index (χ2n) is 6.00. The van der Waals surface area contributed by atoms with Crippen molar-refractivity contribution in [1.82, 2.24) is 0 Å². The van der Waals surface area contributed by atoms with Gasteiger partial charge in [0.05, 0.1) is 6.61 Å². The summed E-state index contributed by atoms with van der Waals surface area (Å²) in [5.74, 6) is 2.20. The molecule has 3 heteroatoms. The Labute approximate surface area is 116 Å².